The number of hydrogen-bond donors (Lipinski definition) is 2. The highest BCUT2D eigenvalue weighted by Crippen LogP contribution is 2.39. The number of carboxylic acid groups (broad SMARTS) is 1. The number of amides is 4. The zero-order chi connectivity index (χ0) is 31.4. The Balaban J connectivity index is 1.87. The van der Waals surface area contributed by atoms with E-state index >= 15 is 0 Å². The number of halogens is 1. The largest absolute Gasteiger partial charge is 0.496 e. The molecule has 0 aromatic heterocycles. The Morgan fingerprint density at radius 3 is 2.44 bits per heavy atom. The van der Waals surface area contributed by atoms with Crippen molar-refractivity contribution in [1.82, 2.24) is 10.2 Å². The number of likely N-dealkylation sites (N-methyl/N-ethyl adjacent to an activating group) is 1. The molecule has 0 bridgehead atoms. The van der Waals surface area contributed by atoms with Gasteiger partial charge in [0.1, 0.15) is 17.8 Å². The summed E-state index contributed by atoms with van der Waals surface area (Å²) in [5.74, 6) is -0.851. The van der Waals surface area contributed by atoms with Crippen molar-refractivity contribution in [3.05, 3.63) is 64.6 Å². The second kappa shape index (κ2) is 13.4. The maximum Gasteiger partial charge on any atom is 0.407 e. The molecule has 0 saturated carbocycles. The van der Waals surface area contributed by atoms with Crippen LogP contribution in [-0.2, 0) is 25.7 Å². The third kappa shape index (κ3) is 6.45. The number of para-hydroxylation sites is 2. The summed E-state index contributed by atoms with van der Waals surface area (Å²) in [5, 5.41) is 14.0. The number of nitrogens with zero attached hydrogens (tertiary/aromatic N) is 3. The number of carbonyl (C=O) groups is 4. The van der Waals surface area contributed by atoms with Gasteiger partial charge in [0.05, 0.1) is 44.1 Å². The van der Waals surface area contributed by atoms with Crippen molar-refractivity contribution in [3.8, 4) is 5.75 Å². The van der Waals surface area contributed by atoms with E-state index in [1.165, 1.54) is 26.0 Å². The number of anilines is 2. The minimum Gasteiger partial charge on any atom is -0.496 e. The van der Waals surface area contributed by atoms with Crippen LogP contribution in [0.15, 0.2) is 59.1 Å². The molecule has 11 nitrogen and oxygen atoms in total. The smallest absolute Gasteiger partial charge is 0.407 e. The van der Waals surface area contributed by atoms with Gasteiger partial charge in [-0.2, -0.15) is 0 Å². The van der Waals surface area contributed by atoms with Gasteiger partial charge in [-0.25, -0.2) is 4.79 Å². The second-order valence-corrected chi connectivity index (χ2v) is 11.2. The average molecular weight is 656 g/mol. The Labute approximate surface area is 258 Å². The Morgan fingerprint density at radius 1 is 1.09 bits per heavy atom. The van der Waals surface area contributed by atoms with E-state index in [0.29, 0.717) is 17.1 Å². The predicted molar refractivity (Wildman–Crippen MR) is 166 cm³/mol. The quantitative estimate of drug-likeness (QED) is 0.350. The number of rotatable bonds is 9. The molecule has 0 saturated heterocycles. The van der Waals surface area contributed by atoms with Gasteiger partial charge in [-0.3, -0.25) is 19.3 Å². The van der Waals surface area contributed by atoms with Gasteiger partial charge < -0.3 is 29.7 Å². The molecule has 0 fully saturated rings. The molecule has 0 radical (unpaired) electrons. The topological polar surface area (TPSA) is 129 Å². The molecule has 0 unspecified atom stereocenters. The maximum absolute atomic E-state index is 14.5. The Hall–Kier alpha value is -4.16. The molecule has 0 aliphatic carbocycles. The molecular weight excluding hydrogens is 620 g/mol. The van der Waals surface area contributed by atoms with Gasteiger partial charge in [0.25, 0.3) is 5.91 Å². The molecule has 0 spiro atoms. The first-order chi connectivity index (χ1) is 20.5. The lowest BCUT2D eigenvalue weighted by Gasteiger charge is -2.33. The van der Waals surface area contributed by atoms with Crippen molar-refractivity contribution >= 4 is 61.9 Å². The van der Waals surface area contributed by atoms with Crippen LogP contribution in [0.3, 0.4) is 0 Å². The molecule has 3 aromatic carbocycles. The van der Waals surface area contributed by atoms with Crippen molar-refractivity contribution < 1.29 is 33.8 Å². The predicted octanol–water partition coefficient (Wildman–Crippen LogP) is 4.40. The van der Waals surface area contributed by atoms with Crippen LogP contribution in [0.2, 0.25) is 0 Å². The molecule has 2 N–H and O–H groups in total. The summed E-state index contributed by atoms with van der Waals surface area (Å²) in [6.45, 7) is 3.36. The van der Waals surface area contributed by atoms with Crippen LogP contribution < -0.4 is 19.9 Å². The van der Waals surface area contributed by atoms with Crippen molar-refractivity contribution in [1.29, 1.82) is 0 Å². The van der Waals surface area contributed by atoms with E-state index in [4.69, 9.17) is 9.47 Å². The molecule has 43 heavy (non-hydrogen) atoms. The molecule has 4 rings (SSSR count). The Morgan fingerprint density at radius 2 is 1.79 bits per heavy atom. The third-order valence-electron chi connectivity index (χ3n) is 7.79. The number of ether oxygens (including phenoxy) is 2. The first-order valence-corrected chi connectivity index (χ1v) is 14.5. The van der Waals surface area contributed by atoms with E-state index in [1.54, 1.807) is 43.2 Å². The number of benzene rings is 3. The van der Waals surface area contributed by atoms with Crippen LogP contribution in [0.5, 0.6) is 5.75 Å². The number of methoxy groups -OCH3 is 2. The fourth-order valence-corrected chi connectivity index (χ4v) is 5.63. The van der Waals surface area contributed by atoms with Crippen molar-refractivity contribution in [3.63, 3.8) is 0 Å². The van der Waals surface area contributed by atoms with Crippen LogP contribution >= 0.6 is 15.9 Å². The molecule has 3 atom stereocenters. The van der Waals surface area contributed by atoms with E-state index in [0.717, 1.165) is 25.7 Å². The fraction of sp³-hybridized carbons (Fsp3) is 0.355. The number of nitrogens with one attached hydrogen (secondary N) is 1. The van der Waals surface area contributed by atoms with E-state index in [1.807, 2.05) is 30.3 Å². The van der Waals surface area contributed by atoms with Gasteiger partial charge in [-0.15, -0.1) is 0 Å². The van der Waals surface area contributed by atoms with Crippen LogP contribution in [0, 0.1) is 0 Å². The molecule has 4 amide bonds. The van der Waals surface area contributed by atoms with E-state index in [2.05, 4.69) is 21.2 Å². The van der Waals surface area contributed by atoms with E-state index < -0.39 is 36.0 Å². The van der Waals surface area contributed by atoms with Crippen molar-refractivity contribution in [2.75, 3.05) is 37.7 Å². The summed E-state index contributed by atoms with van der Waals surface area (Å²) >= 11 is 3.52. The maximum atomic E-state index is 14.5. The lowest BCUT2D eigenvalue weighted by Crippen LogP contribution is -2.60. The van der Waals surface area contributed by atoms with Gasteiger partial charge in [-0.05, 0) is 55.0 Å². The highest BCUT2D eigenvalue weighted by atomic mass is 79.9. The molecule has 1 aliphatic rings. The highest BCUT2D eigenvalue weighted by molar-refractivity contribution is 9.10. The number of fused-ring (bicyclic) bond motifs is 2. The lowest BCUT2D eigenvalue weighted by atomic mass is 10.0. The standard InChI is InChI=1S/C31H35BrN4O7/c1-18-28(33-29(38)19(2)34(3)31(40)41)30(39)35(24-8-6-7-9-25(24)36(18)27(37)14-15-42-4)17-23-22-12-11-21(32)16-20(22)10-13-26(23)43-5/h6-13,16,18-19,28H,14-15,17H2,1-5H3,(H,33,38)(H,40,41)/t18-,19-,28-/m0/s1. The second-order valence-electron chi connectivity index (χ2n) is 10.3. The van der Waals surface area contributed by atoms with Gasteiger partial charge in [0.2, 0.25) is 11.8 Å². The molecule has 228 valence electrons. The molecule has 1 aliphatic heterocycles. The van der Waals surface area contributed by atoms with E-state index in [-0.39, 0.29) is 25.5 Å². The SMILES string of the molecule is COCCC(=O)N1c2ccccc2N(Cc2c(OC)ccc3cc(Br)ccc23)C(=O)[C@@H](NC(=O)[C@H](C)N(C)C(=O)O)[C@@H]1C. The van der Waals surface area contributed by atoms with Gasteiger partial charge in [0, 0.05) is 24.2 Å². The number of hydrogen-bond acceptors (Lipinski definition) is 6. The number of carbonyl (C=O) groups excluding carboxylic acids is 3. The lowest BCUT2D eigenvalue weighted by molar-refractivity contribution is -0.130. The average Bonchev–Trinajstić information content (AvgIpc) is 3.07. The minimum atomic E-state index is -1.29. The van der Waals surface area contributed by atoms with Crippen molar-refractivity contribution in [2.24, 2.45) is 0 Å². The Kier molecular flexibility index (Phi) is 9.92. The van der Waals surface area contributed by atoms with Crippen LogP contribution in [0.25, 0.3) is 10.8 Å². The van der Waals surface area contributed by atoms with Crippen LogP contribution in [0.4, 0.5) is 16.2 Å². The van der Waals surface area contributed by atoms with E-state index in [9.17, 15) is 24.3 Å². The zero-order valence-electron chi connectivity index (χ0n) is 24.7. The first-order valence-electron chi connectivity index (χ1n) is 13.7. The first kappa shape index (κ1) is 31.8. The molecule has 1 heterocycles. The van der Waals surface area contributed by atoms with Crippen LogP contribution in [0.1, 0.15) is 25.8 Å². The fourth-order valence-electron chi connectivity index (χ4n) is 5.25. The summed E-state index contributed by atoms with van der Waals surface area (Å²) in [6, 6.07) is 13.6. The zero-order valence-corrected chi connectivity index (χ0v) is 26.3. The molecule has 3 aromatic rings. The summed E-state index contributed by atoms with van der Waals surface area (Å²) in [4.78, 5) is 56.9. The summed E-state index contributed by atoms with van der Waals surface area (Å²) in [6.07, 6.45) is -1.24. The summed E-state index contributed by atoms with van der Waals surface area (Å²) < 4.78 is 11.8. The highest BCUT2D eigenvalue weighted by Gasteiger charge is 2.43. The third-order valence-corrected chi connectivity index (χ3v) is 8.28. The van der Waals surface area contributed by atoms with Gasteiger partial charge in [0.15, 0.2) is 0 Å². The Bertz CT molecular complexity index is 1550. The minimum absolute atomic E-state index is 0.0498. The normalized spacial score (nSPS) is 17.2. The summed E-state index contributed by atoms with van der Waals surface area (Å²) in [5.41, 5.74) is 1.72. The van der Waals surface area contributed by atoms with Crippen molar-refractivity contribution in [2.45, 2.75) is 44.9 Å². The van der Waals surface area contributed by atoms with Gasteiger partial charge in [-0.1, -0.05) is 40.2 Å². The molecular formula is C31H35BrN4O7. The summed E-state index contributed by atoms with van der Waals surface area (Å²) in [7, 11) is 4.33. The molecule has 12 heteroatoms. The monoisotopic (exact) mass is 654 g/mol. The van der Waals surface area contributed by atoms with Gasteiger partial charge >= 0.3 is 6.09 Å². The van der Waals surface area contributed by atoms with Crippen LogP contribution in [-0.4, -0.2) is 79.8 Å².